The van der Waals surface area contributed by atoms with Gasteiger partial charge in [0.1, 0.15) is 11.3 Å². The van der Waals surface area contributed by atoms with Crippen LogP contribution in [0.2, 0.25) is 0 Å². The predicted molar refractivity (Wildman–Crippen MR) is 77.3 cm³/mol. The smallest absolute Gasteiger partial charge is 0.115 e. The van der Waals surface area contributed by atoms with Crippen LogP contribution in [0.15, 0.2) is 18.5 Å². The molecule has 19 heavy (non-hydrogen) atoms. The molecule has 3 heterocycles. The zero-order valence-electron chi connectivity index (χ0n) is 12.1. The molecule has 0 bridgehead atoms. The largest absolute Gasteiger partial charge is 0.322 e. The Hall–Kier alpha value is -1.42. The van der Waals surface area contributed by atoms with Crippen molar-refractivity contribution in [2.45, 2.75) is 39.2 Å². The lowest BCUT2D eigenvalue weighted by atomic mass is 9.96. The van der Waals surface area contributed by atoms with Gasteiger partial charge in [-0.05, 0) is 39.3 Å². The highest BCUT2D eigenvalue weighted by atomic mass is 15.2. The van der Waals surface area contributed by atoms with E-state index in [1.54, 1.807) is 0 Å². The van der Waals surface area contributed by atoms with E-state index in [4.69, 9.17) is 4.98 Å². The molecule has 2 aromatic rings. The van der Waals surface area contributed by atoms with Crippen LogP contribution < -0.4 is 5.32 Å². The van der Waals surface area contributed by atoms with Gasteiger partial charge in [0, 0.05) is 24.2 Å². The lowest BCUT2D eigenvalue weighted by Gasteiger charge is -2.27. The Morgan fingerprint density at radius 3 is 2.74 bits per heavy atom. The summed E-state index contributed by atoms with van der Waals surface area (Å²) >= 11 is 0. The van der Waals surface area contributed by atoms with E-state index in [0.717, 1.165) is 18.6 Å². The van der Waals surface area contributed by atoms with Crippen LogP contribution in [0, 0.1) is 5.92 Å². The van der Waals surface area contributed by atoms with E-state index in [9.17, 15) is 0 Å². The standard InChI is InChI=1S/C15H22N4/c1-10-7-17-8-11(10)14-18-12-9-16-6-5-13(12)19(14)15(2,3)4/h5-6,9-11,17H,7-8H2,1-4H3. The number of nitrogens with one attached hydrogen (secondary N) is 1. The molecule has 1 fully saturated rings. The van der Waals surface area contributed by atoms with Gasteiger partial charge < -0.3 is 9.88 Å². The highest BCUT2D eigenvalue weighted by molar-refractivity contribution is 5.75. The van der Waals surface area contributed by atoms with Crippen LogP contribution in [-0.4, -0.2) is 27.6 Å². The van der Waals surface area contributed by atoms with Gasteiger partial charge in [-0.3, -0.25) is 4.98 Å². The molecule has 0 amide bonds. The van der Waals surface area contributed by atoms with Crippen LogP contribution in [0.3, 0.4) is 0 Å². The van der Waals surface area contributed by atoms with Gasteiger partial charge in [-0.1, -0.05) is 6.92 Å². The third-order valence-corrected chi connectivity index (χ3v) is 4.00. The number of hydrogen-bond donors (Lipinski definition) is 1. The average Bonchev–Trinajstić information content (AvgIpc) is 2.90. The molecule has 4 heteroatoms. The summed E-state index contributed by atoms with van der Waals surface area (Å²) in [7, 11) is 0. The Bertz CT molecular complexity index is 594. The van der Waals surface area contributed by atoms with Crippen molar-refractivity contribution in [2.24, 2.45) is 5.92 Å². The lowest BCUT2D eigenvalue weighted by molar-refractivity contribution is 0.374. The fourth-order valence-electron chi connectivity index (χ4n) is 3.06. The van der Waals surface area contributed by atoms with Gasteiger partial charge in [-0.25, -0.2) is 4.98 Å². The first-order chi connectivity index (χ1) is 8.98. The van der Waals surface area contributed by atoms with Crippen molar-refractivity contribution in [3.63, 3.8) is 0 Å². The van der Waals surface area contributed by atoms with Gasteiger partial charge in [-0.2, -0.15) is 0 Å². The van der Waals surface area contributed by atoms with Gasteiger partial charge in [0.05, 0.1) is 11.7 Å². The molecule has 1 N–H and O–H groups in total. The second-order valence-corrected chi connectivity index (χ2v) is 6.58. The van der Waals surface area contributed by atoms with Crippen molar-refractivity contribution >= 4 is 11.0 Å². The second kappa shape index (κ2) is 4.30. The maximum absolute atomic E-state index is 4.87. The summed E-state index contributed by atoms with van der Waals surface area (Å²) in [4.78, 5) is 9.08. The topological polar surface area (TPSA) is 42.7 Å². The van der Waals surface area contributed by atoms with Crippen molar-refractivity contribution in [3.8, 4) is 0 Å². The summed E-state index contributed by atoms with van der Waals surface area (Å²) in [5.41, 5.74) is 2.23. The van der Waals surface area contributed by atoms with E-state index in [1.807, 2.05) is 12.4 Å². The molecular formula is C15H22N4. The fraction of sp³-hybridized carbons (Fsp3) is 0.600. The number of hydrogen-bond acceptors (Lipinski definition) is 3. The van der Waals surface area contributed by atoms with Gasteiger partial charge in [0.15, 0.2) is 0 Å². The predicted octanol–water partition coefficient (Wildman–Crippen LogP) is 2.51. The van der Waals surface area contributed by atoms with Crippen molar-refractivity contribution in [2.75, 3.05) is 13.1 Å². The van der Waals surface area contributed by atoms with Crippen molar-refractivity contribution in [1.82, 2.24) is 19.9 Å². The van der Waals surface area contributed by atoms with Gasteiger partial charge in [0.2, 0.25) is 0 Å². The van der Waals surface area contributed by atoms with E-state index in [-0.39, 0.29) is 5.54 Å². The van der Waals surface area contributed by atoms with Gasteiger partial charge in [-0.15, -0.1) is 0 Å². The maximum Gasteiger partial charge on any atom is 0.115 e. The van der Waals surface area contributed by atoms with Gasteiger partial charge >= 0.3 is 0 Å². The molecule has 1 aliphatic heterocycles. The van der Waals surface area contributed by atoms with Crippen molar-refractivity contribution < 1.29 is 0 Å². The zero-order valence-corrected chi connectivity index (χ0v) is 12.1. The highest BCUT2D eigenvalue weighted by Crippen LogP contribution is 2.33. The number of imidazole rings is 1. The maximum atomic E-state index is 4.87. The molecule has 0 spiro atoms. The summed E-state index contributed by atoms with van der Waals surface area (Å²) in [6.07, 6.45) is 3.72. The first-order valence-electron chi connectivity index (χ1n) is 7.02. The normalized spacial score (nSPS) is 24.2. The van der Waals surface area contributed by atoms with Gasteiger partial charge in [0.25, 0.3) is 0 Å². The van der Waals surface area contributed by atoms with E-state index >= 15 is 0 Å². The van der Waals surface area contributed by atoms with E-state index in [2.05, 4.69) is 48.6 Å². The molecule has 102 valence electrons. The Morgan fingerprint density at radius 1 is 1.32 bits per heavy atom. The molecule has 0 radical (unpaired) electrons. The van der Waals surface area contributed by atoms with Crippen LogP contribution in [0.4, 0.5) is 0 Å². The average molecular weight is 258 g/mol. The molecule has 0 saturated carbocycles. The Kier molecular flexibility index (Phi) is 2.86. The molecule has 3 rings (SSSR count). The van der Waals surface area contributed by atoms with Crippen LogP contribution in [0.1, 0.15) is 39.4 Å². The number of rotatable bonds is 1. The van der Waals surface area contributed by atoms with E-state index < -0.39 is 0 Å². The number of aromatic nitrogens is 3. The minimum Gasteiger partial charge on any atom is -0.322 e. The Morgan fingerprint density at radius 2 is 2.11 bits per heavy atom. The second-order valence-electron chi connectivity index (χ2n) is 6.58. The molecule has 2 unspecified atom stereocenters. The molecular weight excluding hydrogens is 236 g/mol. The summed E-state index contributed by atoms with van der Waals surface area (Å²) < 4.78 is 2.39. The van der Waals surface area contributed by atoms with E-state index in [1.165, 1.54) is 11.3 Å². The summed E-state index contributed by atoms with van der Waals surface area (Å²) in [6.45, 7) is 11.1. The minimum atomic E-state index is 0.0355. The fourth-order valence-corrected chi connectivity index (χ4v) is 3.06. The molecule has 2 aromatic heterocycles. The molecule has 1 saturated heterocycles. The number of nitrogens with zero attached hydrogens (tertiary/aromatic N) is 3. The molecule has 2 atom stereocenters. The minimum absolute atomic E-state index is 0.0355. The Labute approximate surface area is 114 Å². The van der Waals surface area contributed by atoms with Crippen LogP contribution in [0.25, 0.3) is 11.0 Å². The third-order valence-electron chi connectivity index (χ3n) is 4.00. The van der Waals surface area contributed by atoms with Crippen LogP contribution in [-0.2, 0) is 5.54 Å². The Balaban J connectivity index is 2.23. The molecule has 1 aliphatic rings. The third kappa shape index (κ3) is 2.04. The lowest BCUT2D eigenvalue weighted by Crippen LogP contribution is -2.27. The molecule has 0 aliphatic carbocycles. The summed E-state index contributed by atoms with van der Waals surface area (Å²) in [6, 6.07) is 2.07. The van der Waals surface area contributed by atoms with Crippen molar-refractivity contribution in [3.05, 3.63) is 24.3 Å². The number of fused-ring (bicyclic) bond motifs is 1. The molecule has 4 nitrogen and oxygen atoms in total. The molecule has 0 aromatic carbocycles. The van der Waals surface area contributed by atoms with Crippen LogP contribution >= 0.6 is 0 Å². The zero-order chi connectivity index (χ0) is 13.6. The first kappa shape index (κ1) is 12.6. The monoisotopic (exact) mass is 258 g/mol. The van der Waals surface area contributed by atoms with E-state index in [0.29, 0.717) is 11.8 Å². The van der Waals surface area contributed by atoms with Crippen molar-refractivity contribution in [1.29, 1.82) is 0 Å². The summed E-state index contributed by atoms with van der Waals surface area (Å²) in [5.74, 6) is 2.32. The first-order valence-corrected chi connectivity index (χ1v) is 7.02. The van der Waals surface area contributed by atoms with Crippen LogP contribution in [0.5, 0.6) is 0 Å². The number of pyridine rings is 1. The summed E-state index contributed by atoms with van der Waals surface area (Å²) in [5, 5.41) is 3.47. The highest BCUT2D eigenvalue weighted by Gasteiger charge is 2.32. The SMILES string of the molecule is CC1CNCC1c1nc2cnccc2n1C(C)(C)C. The quantitative estimate of drug-likeness (QED) is 0.854.